The van der Waals surface area contributed by atoms with Gasteiger partial charge in [-0.05, 0) is 157 Å². The van der Waals surface area contributed by atoms with E-state index in [4.69, 9.17) is 0 Å². The Morgan fingerprint density at radius 2 is 0.676 bits per heavy atom. The van der Waals surface area contributed by atoms with Crippen molar-refractivity contribution in [3.63, 3.8) is 0 Å². The van der Waals surface area contributed by atoms with Gasteiger partial charge in [-0.25, -0.2) is 0 Å². The highest BCUT2D eigenvalue weighted by molar-refractivity contribution is 6.26. The summed E-state index contributed by atoms with van der Waals surface area (Å²) in [5, 5.41) is 15.0. The number of rotatable bonds is 4. The lowest BCUT2D eigenvalue weighted by Crippen LogP contribution is -2.26. The minimum Gasteiger partial charge on any atom is -0.310 e. The lowest BCUT2D eigenvalue weighted by atomic mass is 9.70. The van der Waals surface area contributed by atoms with Crippen LogP contribution >= 0.6 is 0 Å². The second-order valence-corrected chi connectivity index (χ2v) is 18.7. The number of anilines is 3. The third-order valence-electron chi connectivity index (χ3n) is 15.4. The van der Waals surface area contributed by atoms with Crippen LogP contribution in [0.3, 0.4) is 0 Å². The van der Waals surface area contributed by atoms with Gasteiger partial charge in [0.05, 0.1) is 11.1 Å². The van der Waals surface area contributed by atoms with Crippen LogP contribution < -0.4 is 4.90 Å². The normalized spacial score (nSPS) is 13.1. The molecule has 0 atom stereocenters. The van der Waals surface area contributed by atoms with Crippen molar-refractivity contribution in [1.29, 1.82) is 0 Å². The molecule has 0 fully saturated rings. The van der Waals surface area contributed by atoms with E-state index in [0.717, 1.165) is 17.1 Å². The first kappa shape index (κ1) is 37.4. The van der Waals surface area contributed by atoms with Crippen LogP contribution in [0.2, 0.25) is 0 Å². The van der Waals surface area contributed by atoms with Crippen molar-refractivity contribution in [3.05, 3.63) is 271 Å². The molecule has 0 unspecified atom stereocenters. The van der Waals surface area contributed by atoms with E-state index in [1.54, 1.807) is 0 Å². The molecule has 0 saturated heterocycles. The molecule has 2 aliphatic rings. The Hall–Kier alpha value is -8.78. The zero-order valence-corrected chi connectivity index (χ0v) is 37.1. The summed E-state index contributed by atoms with van der Waals surface area (Å²) in [6.07, 6.45) is 0. The van der Waals surface area contributed by atoms with Crippen LogP contribution in [0.25, 0.3) is 98.0 Å². The molecule has 0 N–H and O–H groups in total. The SMILES string of the molecule is c1ccc2c(c1)-c1ccccc1C21c2ccccc2-c2cc(-c3ccc4ccccc4c3)c(N(c3ccc4ccc5ccccc5c4c3)c3ccc4c5ccccc5c5ccccc5c4c3)cc21. The maximum absolute atomic E-state index is 2.58. The Morgan fingerprint density at radius 3 is 1.32 bits per heavy atom. The first-order valence-corrected chi connectivity index (χ1v) is 23.7. The minimum atomic E-state index is -0.514. The number of fused-ring (bicyclic) bond motifs is 20. The van der Waals surface area contributed by atoms with Crippen molar-refractivity contribution < 1.29 is 0 Å². The zero-order valence-electron chi connectivity index (χ0n) is 37.1. The van der Waals surface area contributed by atoms with Gasteiger partial charge in [0.15, 0.2) is 0 Å². The van der Waals surface area contributed by atoms with Crippen molar-refractivity contribution >= 4 is 81.7 Å². The van der Waals surface area contributed by atoms with E-state index in [0.29, 0.717) is 0 Å². The van der Waals surface area contributed by atoms with Crippen LogP contribution in [0, 0.1) is 0 Å². The Morgan fingerprint density at radius 1 is 0.235 bits per heavy atom. The van der Waals surface area contributed by atoms with Crippen molar-refractivity contribution in [1.82, 2.24) is 0 Å². The van der Waals surface area contributed by atoms with Crippen LogP contribution in [0.4, 0.5) is 17.1 Å². The number of benzene rings is 13. The molecule has 2 aliphatic carbocycles. The molecule has 0 heterocycles. The fraction of sp³-hybridized carbons (Fsp3) is 0.0149. The van der Waals surface area contributed by atoms with Crippen molar-refractivity contribution in [3.8, 4) is 33.4 Å². The number of hydrogen-bond donors (Lipinski definition) is 0. The fourth-order valence-electron chi connectivity index (χ4n) is 12.5. The summed E-state index contributed by atoms with van der Waals surface area (Å²) in [5.74, 6) is 0. The average molecular weight is 860 g/mol. The fourth-order valence-corrected chi connectivity index (χ4v) is 12.5. The van der Waals surface area contributed by atoms with Crippen LogP contribution in [0.15, 0.2) is 249 Å². The third kappa shape index (κ3) is 5.11. The summed E-state index contributed by atoms with van der Waals surface area (Å²) >= 11 is 0. The minimum absolute atomic E-state index is 0.514. The Labute approximate surface area is 394 Å². The van der Waals surface area contributed by atoms with E-state index in [-0.39, 0.29) is 0 Å². The summed E-state index contributed by atoms with van der Waals surface area (Å²) in [7, 11) is 0. The van der Waals surface area contributed by atoms with Gasteiger partial charge in [0, 0.05) is 16.9 Å². The molecule has 1 heteroatoms. The summed E-state index contributed by atoms with van der Waals surface area (Å²) in [6.45, 7) is 0. The highest BCUT2D eigenvalue weighted by Crippen LogP contribution is 2.64. The highest BCUT2D eigenvalue weighted by atomic mass is 15.1. The number of hydrogen-bond acceptors (Lipinski definition) is 1. The van der Waals surface area contributed by atoms with Crippen LogP contribution in [-0.2, 0) is 5.41 Å². The van der Waals surface area contributed by atoms with Gasteiger partial charge in [-0.1, -0.05) is 206 Å². The molecule has 0 amide bonds. The molecule has 0 radical (unpaired) electrons. The molecule has 314 valence electrons. The predicted octanol–water partition coefficient (Wildman–Crippen LogP) is 18.1. The van der Waals surface area contributed by atoms with Gasteiger partial charge < -0.3 is 4.90 Å². The monoisotopic (exact) mass is 859 g/mol. The van der Waals surface area contributed by atoms with E-state index in [2.05, 4.69) is 254 Å². The highest BCUT2D eigenvalue weighted by Gasteiger charge is 2.52. The summed E-state index contributed by atoms with van der Waals surface area (Å²) in [5.41, 5.74) is 15.7. The lowest BCUT2D eigenvalue weighted by Gasteiger charge is -2.33. The van der Waals surface area contributed by atoms with E-state index in [1.165, 1.54) is 120 Å². The molecule has 0 aromatic heterocycles. The quantitative estimate of drug-likeness (QED) is 0.159. The van der Waals surface area contributed by atoms with Crippen LogP contribution in [0.5, 0.6) is 0 Å². The van der Waals surface area contributed by atoms with Gasteiger partial charge in [-0.3, -0.25) is 0 Å². The molecule has 68 heavy (non-hydrogen) atoms. The summed E-state index contributed by atoms with van der Waals surface area (Å²) in [6, 6.07) is 93.7. The Balaban J connectivity index is 1.10. The molecular formula is C67H41N. The topological polar surface area (TPSA) is 3.24 Å². The van der Waals surface area contributed by atoms with Crippen LogP contribution in [-0.4, -0.2) is 0 Å². The van der Waals surface area contributed by atoms with Crippen LogP contribution in [0.1, 0.15) is 22.3 Å². The maximum Gasteiger partial charge on any atom is 0.0726 e. The Kier molecular flexibility index (Phi) is 7.77. The second-order valence-electron chi connectivity index (χ2n) is 18.7. The van der Waals surface area contributed by atoms with E-state index in [1.807, 2.05) is 0 Å². The average Bonchev–Trinajstić information content (AvgIpc) is 3.87. The van der Waals surface area contributed by atoms with Gasteiger partial charge in [-0.15, -0.1) is 0 Å². The van der Waals surface area contributed by atoms with Gasteiger partial charge in [0.25, 0.3) is 0 Å². The second kappa shape index (κ2) is 14.1. The van der Waals surface area contributed by atoms with Gasteiger partial charge in [-0.2, -0.15) is 0 Å². The first-order chi connectivity index (χ1) is 33.7. The third-order valence-corrected chi connectivity index (χ3v) is 15.4. The zero-order chi connectivity index (χ0) is 44.5. The van der Waals surface area contributed by atoms with Gasteiger partial charge in [0.1, 0.15) is 0 Å². The molecule has 13 aromatic carbocycles. The van der Waals surface area contributed by atoms with Gasteiger partial charge in [0.2, 0.25) is 0 Å². The summed E-state index contributed by atoms with van der Waals surface area (Å²) in [4.78, 5) is 2.57. The molecule has 1 spiro atoms. The lowest BCUT2D eigenvalue weighted by molar-refractivity contribution is 0.794. The molecule has 1 nitrogen and oxygen atoms in total. The smallest absolute Gasteiger partial charge is 0.0726 e. The molecular weight excluding hydrogens is 819 g/mol. The maximum atomic E-state index is 2.58. The van der Waals surface area contributed by atoms with Gasteiger partial charge >= 0.3 is 0 Å². The Bertz CT molecular complexity index is 4210. The number of nitrogens with zero attached hydrogens (tertiary/aromatic N) is 1. The van der Waals surface area contributed by atoms with Crippen molar-refractivity contribution in [2.24, 2.45) is 0 Å². The largest absolute Gasteiger partial charge is 0.310 e. The van der Waals surface area contributed by atoms with Crippen molar-refractivity contribution in [2.45, 2.75) is 5.41 Å². The molecule has 0 saturated carbocycles. The molecule has 0 aliphatic heterocycles. The van der Waals surface area contributed by atoms with E-state index >= 15 is 0 Å². The molecule has 15 rings (SSSR count). The standard InChI is InChI=1S/C67H41N/c1-2-17-45-37-46(32-29-42(45)15-1)59-40-61-57-25-11-14-28-64(57)67(62-26-12-9-23-55(62)56-24-10-13-27-63(56)67)65(61)41-66(59)68(47-34-33-44-31-30-43-16-3-4-18-49(43)58(44)38-47)48-35-36-54-52-21-6-5-19-50(52)51-20-7-8-22-53(51)60(54)39-48/h1-41H. The van der Waals surface area contributed by atoms with E-state index < -0.39 is 5.41 Å². The summed E-state index contributed by atoms with van der Waals surface area (Å²) < 4.78 is 0. The van der Waals surface area contributed by atoms with E-state index in [9.17, 15) is 0 Å². The predicted molar refractivity (Wildman–Crippen MR) is 288 cm³/mol. The van der Waals surface area contributed by atoms with Crippen molar-refractivity contribution in [2.75, 3.05) is 4.90 Å². The molecule has 0 bridgehead atoms. The molecule has 13 aromatic rings. The first-order valence-electron chi connectivity index (χ1n) is 23.7.